The van der Waals surface area contributed by atoms with Crippen molar-refractivity contribution in [1.29, 1.82) is 0 Å². The van der Waals surface area contributed by atoms with Gasteiger partial charge < -0.3 is 10.3 Å². The third kappa shape index (κ3) is 3.61. The molecule has 1 aliphatic carbocycles. The molecule has 0 saturated carbocycles. The molecule has 1 atom stereocenters. The van der Waals surface area contributed by atoms with E-state index < -0.39 is 0 Å². The van der Waals surface area contributed by atoms with Gasteiger partial charge in [0.2, 0.25) is 5.91 Å². The summed E-state index contributed by atoms with van der Waals surface area (Å²) in [5.41, 5.74) is 4.36. The van der Waals surface area contributed by atoms with Crippen LogP contribution in [0.4, 0.5) is 4.39 Å². The second-order valence-corrected chi connectivity index (χ2v) is 7.34. The molecule has 3 nitrogen and oxygen atoms in total. The molecule has 3 aromatic rings. The molecule has 0 fully saturated rings. The molecule has 0 saturated heterocycles. The minimum Gasteiger partial charge on any atom is -0.358 e. The van der Waals surface area contributed by atoms with Crippen molar-refractivity contribution in [3.8, 4) is 0 Å². The van der Waals surface area contributed by atoms with E-state index in [0.29, 0.717) is 17.9 Å². The number of amides is 1. The van der Waals surface area contributed by atoms with Crippen LogP contribution < -0.4 is 5.32 Å². The van der Waals surface area contributed by atoms with Crippen LogP contribution in [0.5, 0.6) is 0 Å². The highest BCUT2D eigenvalue weighted by Crippen LogP contribution is 2.29. The molecule has 5 heteroatoms. The van der Waals surface area contributed by atoms with E-state index in [4.69, 9.17) is 11.6 Å². The van der Waals surface area contributed by atoms with E-state index in [1.807, 2.05) is 24.3 Å². The number of hydrogen-bond acceptors (Lipinski definition) is 1. The second kappa shape index (κ2) is 7.12. The minimum atomic E-state index is -0.228. The van der Waals surface area contributed by atoms with Crippen molar-refractivity contribution in [1.82, 2.24) is 10.3 Å². The van der Waals surface area contributed by atoms with Gasteiger partial charge >= 0.3 is 0 Å². The van der Waals surface area contributed by atoms with Crippen molar-refractivity contribution in [2.75, 3.05) is 0 Å². The summed E-state index contributed by atoms with van der Waals surface area (Å²) in [5.74, 6) is -0.173. The molecule has 4 rings (SSSR count). The highest BCUT2D eigenvalue weighted by molar-refractivity contribution is 6.30. The number of benzene rings is 2. The van der Waals surface area contributed by atoms with Gasteiger partial charge in [-0.3, -0.25) is 4.79 Å². The van der Waals surface area contributed by atoms with E-state index in [9.17, 15) is 9.18 Å². The first-order chi connectivity index (χ1) is 12.6. The van der Waals surface area contributed by atoms with Crippen LogP contribution in [0.15, 0.2) is 42.5 Å². The number of H-pyrrole nitrogens is 1. The summed E-state index contributed by atoms with van der Waals surface area (Å²) in [6.45, 7) is 0. The van der Waals surface area contributed by atoms with E-state index in [1.54, 1.807) is 12.1 Å². The number of fused-ring (bicyclic) bond motifs is 3. The number of carbonyl (C=O) groups excluding carboxylic acids is 1. The van der Waals surface area contributed by atoms with Crippen molar-refractivity contribution in [2.45, 2.75) is 38.1 Å². The summed E-state index contributed by atoms with van der Waals surface area (Å²) in [6.07, 6.45) is 3.65. The fraction of sp³-hybridized carbons (Fsp3) is 0.286. The number of aryl methyl sites for hydroxylation is 2. The van der Waals surface area contributed by atoms with Gasteiger partial charge in [-0.2, -0.15) is 0 Å². The Morgan fingerprint density at radius 2 is 2.04 bits per heavy atom. The molecule has 1 unspecified atom stereocenters. The molecule has 0 bridgehead atoms. The smallest absolute Gasteiger partial charge is 0.220 e. The van der Waals surface area contributed by atoms with E-state index in [2.05, 4.69) is 10.3 Å². The molecule has 26 heavy (non-hydrogen) atoms. The van der Waals surface area contributed by atoms with Gasteiger partial charge in [-0.15, -0.1) is 0 Å². The van der Waals surface area contributed by atoms with E-state index in [-0.39, 0.29) is 17.8 Å². The average Bonchev–Trinajstić information content (AvgIpc) is 2.98. The van der Waals surface area contributed by atoms with E-state index in [0.717, 1.165) is 47.0 Å². The Kier molecular flexibility index (Phi) is 4.68. The van der Waals surface area contributed by atoms with Crippen molar-refractivity contribution in [3.05, 3.63) is 70.1 Å². The molecule has 1 aliphatic rings. The molecule has 0 radical (unpaired) electrons. The predicted molar refractivity (Wildman–Crippen MR) is 102 cm³/mol. The number of halogens is 2. The van der Waals surface area contributed by atoms with Gasteiger partial charge in [-0.25, -0.2) is 4.39 Å². The van der Waals surface area contributed by atoms with Crippen LogP contribution in [-0.2, 0) is 24.1 Å². The maximum Gasteiger partial charge on any atom is 0.220 e. The monoisotopic (exact) mass is 370 g/mol. The number of nitrogens with one attached hydrogen (secondary N) is 2. The zero-order valence-electron chi connectivity index (χ0n) is 14.3. The zero-order valence-corrected chi connectivity index (χ0v) is 15.1. The van der Waals surface area contributed by atoms with Crippen molar-refractivity contribution in [2.24, 2.45) is 0 Å². The third-order valence-electron chi connectivity index (χ3n) is 5.07. The average molecular weight is 371 g/mol. The van der Waals surface area contributed by atoms with Crippen molar-refractivity contribution in [3.63, 3.8) is 0 Å². The first kappa shape index (κ1) is 17.1. The van der Waals surface area contributed by atoms with E-state index in [1.165, 1.54) is 6.07 Å². The maximum absolute atomic E-state index is 13.6. The molecule has 1 aromatic heterocycles. The lowest BCUT2D eigenvalue weighted by Gasteiger charge is -2.23. The molecular formula is C21H20ClFN2O. The lowest BCUT2D eigenvalue weighted by Crippen LogP contribution is -2.38. The van der Waals surface area contributed by atoms with Crippen LogP contribution in [0.25, 0.3) is 10.9 Å². The van der Waals surface area contributed by atoms with Gasteiger partial charge in [0.15, 0.2) is 0 Å². The summed E-state index contributed by atoms with van der Waals surface area (Å²) in [5, 5.41) is 4.77. The Balaban J connectivity index is 1.39. The topological polar surface area (TPSA) is 44.9 Å². The lowest BCUT2D eigenvalue weighted by molar-refractivity contribution is -0.121. The van der Waals surface area contributed by atoms with Crippen molar-refractivity contribution >= 4 is 28.4 Å². The molecule has 2 N–H and O–H groups in total. The number of aromatic nitrogens is 1. The number of hydrogen-bond donors (Lipinski definition) is 2. The van der Waals surface area contributed by atoms with Crippen LogP contribution in [-0.4, -0.2) is 16.9 Å². The second-order valence-electron chi connectivity index (χ2n) is 6.91. The van der Waals surface area contributed by atoms with E-state index >= 15 is 0 Å². The standard InChI is InChI=1S/C21H20ClFN2O/c22-14-4-1-13(2-5-14)3-10-21(26)24-16-7-9-20-18(12-16)17-11-15(23)6-8-19(17)25-20/h1-2,4-6,8,11,16,25H,3,7,9-10,12H2,(H,24,26). The van der Waals surface area contributed by atoms with Gasteiger partial charge in [0, 0.05) is 34.1 Å². The normalized spacial score (nSPS) is 16.5. The zero-order chi connectivity index (χ0) is 18.1. The van der Waals surface area contributed by atoms with Crippen molar-refractivity contribution < 1.29 is 9.18 Å². The SMILES string of the molecule is O=C(CCc1ccc(Cl)cc1)NC1CCc2[nH]c3ccc(F)cc3c2C1. The lowest BCUT2D eigenvalue weighted by atomic mass is 9.91. The Morgan fingerprint density at radius 3 is 2.85 bits per heavy atom. The van der Waals surface area contributed by atoms with Gasteiger partial charge in [0.1, 0.15) is 5.82 Å². The molecular weight excluding hydrogens is 351 g/mol. The number of rotatable bonds is 4. The molecule has 2 aromatic carbocycles. The fourth-order valence-electron chi connectivity index (χ4n) is 3.72. The quantitative estimate of drug-likeness (QED) is 0.694. The van der Waals surface area contributed by atoms with Gasteiger partial charge in [-0.05, 0) is 67.1 Å². The van der Waals surface area contributed by atoms with Crippen LogP contribution in [0.2, 0.25) is 5.02 Å². The van der Waals surface area contributed by atoms with Crippen LogP contribution in [0.1, 0.15) is 29.7 Å². The maximum atomic E-state index is 13.6. The molecule has 0 aliphatic heterocycles. The van der Waals surface area contributed by atoms with Crippen LogP contribution >= 0.6 is 11.6 Å². The molecule has 0 spiro atoms. The van der Waals surface area contributed by atoms with Gasteiger partial charge in [-0.1, -0.05) is 23.7 Å². The Bertz CT molecular complexity index is 949. The fourth-order valence-corrected chi connectivity index (χ4v) is 3.85. The Hall–Kier alpha value is -2.33. The summed E-state index contributed by atoms with van der Waals surface area (Å²) >= 11 is 5.88. The molecule has 134 valence electrons. The Morgan fingerprint density at radius 1 is 1.23 bits per heavy atom. The number of carbonyl (C=O) groups is 1. The minimum absolute atomic E-state index is 0.0550. The number of aromatic amines is 1. The highest BCUT2D eigenvalue weighted by Gasteiger charge is 2.23. The largest absolute Gasteiger partial charge is 0.358 e. The predicted octanol–water partition coefficient (Wildman–Crippen LogP) is 4.57. The first-order valence-electron chi connectivity index (χ1n) is 8.91. The summed E-state index contributed by atoms with van der Waals surface area (Å²) in [6, 6.07) is 12.5. The Labute approximate surface area is 156 Å². The molecule has 1 heterocycles. The highest BCUT2D eigenvalue weighted by atomic mass is 35.5. The first-order valence-corrected chi connectivity index (χ1v) is 9.29. The third-order valence-corrected chi connectivity index (χ3v) is 5.32. The summed E-state index contributed by atoms with van der Waals surface area (Å²) in [4.78, 5) is 15.7. The molecule has 1 amide bonds. The van der Waals surface area contributed by atoms with Gasteiger partial charge in [0.25, 0.3) is 0 Å². The van der Waals surface area contributed by atoms with Gasteiger partial charge in [0.05, 0.1) is 0 Å². The summed E-state index contributed by atoms with van der Waals surface area (Å²) in [7, 11) is 0. The van der Waals surface area contributed by atoms with Crippen LogP contribution in [0, 0.1) is 5.82 Å². The van der Waals surface area contributed by atoms with Crippen LogP contribution in [0.3, 0.4) is 0 Å². The summed E-state index contributed by atoms with van der Waals surface area (Å²) < 4.78 is 13.6.